The van der Waals surface area contributed by atoms with E-state index in [2.05, 4.69) is 36.1 Å². The molecule has 0 amide bonds. The Hall–Kier alpha value is -1.06. The molecule has 2 atom stereocenters. The number of ether oxygens (including phenoxy) is 1. The van der Waals surface area contributed by atoms with Crippen molar-refractivity contribution in [1.29, 1.82) is 0 Å². The first kappa shape index (κ1) is 19.9. The van der Waals surface area contributed by atoms with Gasteiger partial charge in [0, 0.05) is 31.4 Å². The second-order valence-electron chi connectivity index (χ2n) is 4.69. The Labute approximate surface area is 131 Å². The fraction of sp³-hybridized carbons (Fsp3) is 0.667. The van der Waals surface area contributed by atoms with E-state index in [4.69, 9.17) is 10.5 Å². The van der Waals surface area contributed by atoms with E-state index in [1.807, 2.05) is 34.6 Å². The minimum Gasteiger partial charge on any atom is -0.377 e. The van der Waals surface area contributed by atoms with Crippen LogP contribution in [0, 0.1) is 0 Å². The Morgan fingerprint density at radius 1 is 1.19 bits per heavy atom. The third-order valence-corrected chi connectivity index (χ3v) is 3.33. The topological polar surface area (TPSA) is 38.5 Å². The Balaban J connectivity index is 0.000000921. The van der Waals surface area contributed by atoms with Gasteiger partial charge in [0.25, 0.3) is 0 Å². The lowest BCUT2D eigenvalue weighted by Crippen LogP contribution is -2.22. The summed E-state index contributed by atoms with van der Waals surface area (Å²) in [4.78, 5) is 2.38. The number of benzene rings is 1. The van der Waals surface area contributed by atoms with Gasteiger partial charge in [-0.05, 0) is 38.0 Å². The molecule has 1 aromatic carbocycles. The summed E-state index contributed by atoms with van der Waals surface area (Å²) >= 11 is 0. The maximum absolute atomic E-state index is 5.85. The van der Waals surface area contributed by atoms with Crippen LogP contribution in [-0.2, 0) is 4.74 Å². The summed E-state index contributed by atoms with van der Waals surface area (Å²) < 4.78 is 5.65. The number of nitrogens with two attached hydrogens (primary N) is 1. The van der Waals surface area contributed by atoms with E-state index in [0.717, 1.165) is 26.1 Å². The SMILES string of the molecule is CC.CC.CCOC1CCN(c2ccc(C(C)N)cc2)C1. The van der Waals surface area contributed by atoms with Crippen molar-refractivity contribution in [1.82, 2.24) is 0 Å². The Kier molecular flexibility index (Phi) is 11.0. The predicted molar refractivity (Wildman–Crippen MR) is 94.0 cm³/mol. The van der Waals surface area contributed by atoms with Gasteiger partial charge in [-0.2, -0.15) is 0 Å². The minimum absolute atomic E-state index is 0.110. The molecule has 0 aliphatic carbocycles. The van der Waals surface area contributed by atoms with Gasteiger partial charge in [0.1, 0.15) is 0 Å². The quantitative estimate of drug-likeness (QED) is 0.896. The predicted octanol–water partition coefficient (Wildman–Crippen LogP) is 4.37. The fourth-order valence-corrected chi connectivity index (χ4v) is 2.32. The van der Waals surface area contributed by atoms with Crippen LogP contribution in [0.5, 0.6) is 0 Å². The van der Waals surface area contributed by atoms with Crippen molar-refractivity contribution >= 4 is 5.69 Å². The van der Waals surface area contributed by atoms with Crippen molar-refractivity contribution in [2.24, 2.45) is 5.73 Å². The molecule has 0 spiro atoms. The van der Waals surface area contributed by atoms with Gasteiger partial charge in [-0.25, -0.2) is 0 Å². The molecule has 1 aromatic rings. The van der Waals surface area contributed by atoms with E-state index in [0.29, 0.717) is 6.10 Å². The first-order valence-electron chi connectivity index (χ1n) is 8.42. The summed E-state index contributed by atoms with van der Waals surface area (Å²) in [5, 5.41) is 0. The van der Waals surface area contributed by atoms with Gasteiger partial charge in [-0.3, -0.25) is 0 Å². The molecule has 0 aromatic heterocycles. The molecule has 2 rings (SSSR count). The van der Waals surface area contributed by atoms with E-state index in [1.165, 1.54) is 11.3 Å². The number of hydrogen-bond acceptors (Lipinski definition) is 3. The first-order valence-corrected chi connectivity index (χ1v) is 8.42. The van der Waals surface area contributed by atoms with Gasteiger partial charge in [0.05, 0.1) is 6.10 Å². The van der Waals surface area contributed by atoms with Gasteiger partial charge in [-0.1, -0.05) is 39.8 Å². The van der Waals surface area contributed by atoms with Gasteiger partial charge < -0.3 is 15.4 Å². The molecule has 3 heteroatoms. The molecular formula is C18H34N2O. The molecule has 2 N–H and O–H groups in total. The molecule has 1 saturated heterocycles. The molecule has 0 bridgehead atoms. The lowest BCUT2D eigenvalue weighted by molar-refractivity contribution is 0.0787. The van der Waals surface area contributed by atoms with E-state index in [-0.39, 0.29) is 6.04 Å². The molecule has 1 aliphatic rings. The number of rotatable bonds is 4. The van der Waals surface area contributed by atoms with Gasteiger partial charge in [-0.15, -0.1) is 0 Å². The third-order valence-electron chi connectivity index (χ3n) is 3.33. The van der Waals surface area contributed by atoms with Crippen LogP contribution in [0.25, 0.3) is 0 Å². The van der Waals surface area contributed by atoms with Crippen LogP contribution in [0.1, 0.15) is 59.6 Å². The maximum Gasteiger partial charge on any atom is 0.0766 e. The second kappa shape index (κ2) is 11.6. The molecule has 0 saturated carbocycles. The highest BCUT2D eigenvalue weighted by atomic mass is 16.5. The zero-order chi connectivity index (χ0) is 16.3. The van der Waals surface area contributed by atoms with Crippen molar-refractivity contribution in [3.05, 3.63) is 29.8 Å². The highest BCUT2D eigenvalue weighted by Gasteiger charge is 2.22. The Morgan fingerprint density at radius 2 is 1.76 bits per heavy atom. The first-order chi connectivity index (χ1) is 10.2. The zero-order valence-electron chi connectivity index (χ0n) is 14.7. The maximum atomic E-state index is 5.85. The van der Waals surface area contributed by atoms with Crippen molar-refractivity contribution in [2.75, 3.05) is 24.6 Å². The molecule has 1 aliphatic heterocycles. The normalized spacial score (nSPS) is 18.2. The average Bonchev–Trinajstić information content (AvgIpc) is 3.00. The van der Waals surface area contributed by atoms with E-state index in [1.54, 1.807) is 0 Å². The Morgan fingerprint density at radius 3 is 2.24 bits per heavy atom. The molecule has 1 heterocycles. The van der Waals surface area contributed by atoms with Crippen molar-refractivity contribution in [2.45, 2.75) is 60.1 Å². The smallest absolute Gasteiger partial charge is 0.0766 e. The molecule has 21 heavy (non-hydrogen) atoms. The minimum atomic E-state index is 0.110. The lowest BCUT2D eigenvalue weighted by atomic mass is 10.1. The van der Waals surface area contributed by atoms with Crippen LogP contribution in [0.4, 0.5) is 5.69 Å². The van der Waals surface area contributed by atoms with Crippen LogP contribution in [0.2, 0.25) is 0 Å². The van der Waals surface area contributed by atoms with Gasteiger partial charge in [0.2, 0.25) is 0 Å². The summed E-state index contributed by atoms with van der Waals surface area (Å²) in [6, 6.07) is 8.67. The summed E-state index contributed by atoms with van der Waals surface area (Å²) in [7, 11) is 0. The van der Waals surface area contributed by atoms with Gasteiger partial charge >= 0.3 is 0 Å². The summed E-state index contributed by atoms with van der Waals surface area (Å²) in [5.74, 6) is 0. The monoisotopic (exact) mass is 294 g/mol. The molecular weight excluding hydrogens is 260 g/mol. The largest absolute Gasteiger partial charge is 0.377 e. The summed E-state index contributed by atoms with van der Waals surface area (Å²) in [6.07, 6.45) is 1.52. The molecule has 2 unspecified atom stereocenters. The molecule has 1 fully saturated rings. The zero-order valence-corrected chi connectivity index (χ0v) is 14.7. The highest BCUT2D eigenvalue weighted by Crippen LogP contribution is 2.23. The number of nitrogens with zero attached hydrogens (tertiary/aromatic N) is 1. The highest BCUT2D eigenvalue weighted by molar-refractivity contribution is 5.49. The van der Waals surface area contributed by atoms with E-state index < -0.39 is 0 Å². The lowest BCUT2D eigenvalue weighted by Gasteiger charge is -2.19. The molecule has 122 valence electrons. The van der Waals surface area contributed by atoms with Crippen molar-refractivity contribution < 1.29 is 4.74 Å². The van der Waals surface area contributed by atoms with Crippen molar-refractivity contribution in [3.8, 4) is 0 Å². The van der Waals surface area contributed by atoms with Gasteiger partial charge in [0.15, 0.2) is 0 Å². The molecule has 0 radical (unpaired) electrons. The van der Waals surface area contributed by atoms with Crippen LogP contribution < -0.4 is 10.6 Å². The number of anilines is 1. The number of hydrogen-bond donors (Lipinski definition) is 1. The van der Waals surface area contributed by atoms with Crippen LogP contribution in [0.3, 0.4) is 0 Å². The van der Waals surface area contributed by atoms with E-state index in [9.17, 15) is 0 Å². The summed E-state index contributed by atoms with van der Waals surface area (Å²) in [6.45, 7) is 15.0. The average molecular weight is 294 g/mol. The Bertz CT molecular complexity index is 349. The summed E-state index contributed by atoms with van der Waals surface area (Å²) in [5.41, 5.74) is 8.31. The third kappa shape index (κ3) is 6.49. The van der Waals surface area contributed by atoms with Crippen LogP contribution in [0.15, 0.2) is 24.3 Å². The van der Waals surface area contributed by atoms with Crippen LogP contribution >= 0.6 is 0 Å². The van der Waals surface area contributed by atoms with Crippen molar-refractivity contribution in [3.63, 3.8) is 0 Å². The van der Waals surface area contributed by atoms with Crippen LogP contribution in [-0.4, -0.2) is 25.8 Å². The standard InChI is InChI=1S/C14H22N2O.2C2H6/c1-3-17-14-8-9-16(10-14)13-6-4-12(5-7-13)11(2)15;2*1-2/h4-7,11,14H,3,8-10,15H2,1-2H3;2*1-2H3. The molecule has 3 nitrogen and oxygen atoms in total. The van der Waals surface area contributed by atoms with E-state index >= 15 is 0 Å². The fourth-order valence-electron chi connectivity index (χ4n) is 2.32. The second-order valence-corrected chi connectivity index (χ2v) is 4.69.